The number of methoxy groups -OCH3 is 1. The van der Waals surface area contributed by atoms with E-state index < -0.39 is 0 Å². The van der Waals surface area contributed by atoms with Crippen molar-refractivity contribution in [2.24, 2.45) is 11.7 Å². The molecule has 2 amide bonds. The molecule has 6 nitrogen and oxygen atoms in total. The fourth-order valence-electron chi connectivity index (χ4n) is 2.74. The van der Waals surface area contributed by atoms with E-state index in [1.165, 1.54) is 0 Å². The van der Waals surface area contributed by atoms with Gasteiger partial charge in [-0.25, -0.2) is 0 Å². The Labute approximate surface area is 142 Å². The summed E-state index contributed by atoms with van der Waals surface area (Å²) in [6, 6.07) is 5.56. The largest absolute Gasteiger partial charge is 0.493 e. The number of hydrogen-bond acceptors (Lipinski definition) is 4. The number of primary amides is 1. The normalized spacial score (nSPS) is 15.5. The molecule has 0 saturated carbocycles. The van der Waals surface area contributed by atoms with Gasteiger partial charge in [0.05, 0.1) is 7.11 Å². The first kappa shape index (κ1) is 17.8. The van der Waals surface area contributed by atoms with Crippen molar-refractivity contribution in [1.29, 1.82) is 0 Å². The van der Waals surface area contributed by atoms with Crippen LogP contribution in [-0.4, -0.2) is 43.5 Å². The summed E-state index contributed by atoms with van der Waals surface area (Å²) in [5, 5.41) is 0. The zero-order valence-electron chi connectivity index (χ0n) is 14.2. The molecule has 6 heteroatoms. The molecule has 0 bridgehead atoms. The second-order valence-corrected chi connectivity index (χ2v) is 5.76. The first-order chi connectivity index (χ1) is 11.5. The Morgan fingerprint density at radius 1 is 1.29 bits per heavy atom. The van der Waals surface area contributed by atoms with Crippen molar-refractivity contribution in [1.82, 2.24) is 4.90 Å². The van der Waals surface area contributed by atoms with Gasteiger partial charge in [0.25, 0.3) is 5.91 Å². The van der Waals surface area contributed by atoms with Crippen LogP contribution < -0.4 is 15.2 Å². The summed E-state index contributed by atoms with van der Waals surface area (Å²) in [5.74, 6) is 0.605. The van der Waals surface area contributed by atoms with Crippen molar-refractivity contribution < 1.29 is 19.1 Å². The smallest absolute Gasteiger partial charge is 0.260 e. The molecule has 2 rings (SSSR count). The molecule has 0 spiro atoms. The lowest BCUT2D eigenvalue weighted by molar-refractivity contribution is -0.136. The number of hydrogen-bond donors (Lipinski definition) is 1. The molecule has 2 N–H and O–H groups in total. The molecule has 1 aromatic carbocycles. The van der Waals surface area contributed by atoms with Crippen LogP contribution in [0.25, 0.3) is 6.08 Å². The van der Waals surface area contributed by atoms with E-state index in [2.05, 4.69) is 0 Å². The summed E-state index contributed by atoms with van der Waals surface area (Å²) >= 11 is 0. The molecule has 0 unspecified atom stereocenters. The lowest BCUT2D eigenvalue weighted by Crippen LogP contribution is -2.43. The van der Waals surface area contributed by atoms with Crippen molar-refractivity contribution in [3.05, 3.63) is 29.8 Å². The number of benzene rings is 1. The predicted octanol–water partition coefficient (Wildman–Crippen LogP) is 1.83. The summed E-state index contributed by atoms with van der Waals surface area (Å²) in [7, 11) is 1.57. The van der Waals surface area contributed by atoms with E-state index >= 15 is 0 Å². The Morgan fingerprint density at radius 3 is 2.58 bits per heavy atom. The van der Waals surface area contributed by atoms with Gasteiger partial charge in [0.2, 0.25) is 5.91 Å². The summed E-state index contributed by atoms with van der Waals surface area (Å²) in [4.78, 5) is 25.1. The van der Waals surface area contributed by atoms with Gasteiger partial charge in [0.15, 0.2) is 18.1 Å². The fraction of sp³-hybridized carbons (Fsp3) is 0.444. The number of rotatable bonds is 6. The first-order valence-corrected chi connectivity index (χ1v) is 8.05. The van der Waals surface area contributed by atoms with Gasteiger partial charge in [0, 0.05) is 19.0 Å². The summed E-state index contributed by atoms with van der Waals surface area (Å²) in [5.41, 5.74) is 6.30. The third kappa shape index (κ3) is 4.50. The van der Waals surface area contributed by atoms with Crippen LogP contribution in [0, 0.1) is 5.92 Å². The van der Waals surface area contributed by atoms with Crippen LogP contribution in [0.4, 0.5) is 0 Å². The molecule has 1 saturated heterocycles. The third-order valence-electron chi connectivity index (χ3n) is 4.15. The van der Waals surface area contributed by atoms with E-state index in [4.69, 9.17) is 15.2 Å². The highest BCUT2D eigenvalue weighted by molar-refractivity contribution is 5.79. The molecule has 0 radical (unpaired) electrons. The zero-order chi connectivity index (χ0) is 17.5. The standard InChI is InChI=1S/C18H24N2O4/c1-3-4-13-5-6-15(16(11-13)23-2)24-12-17(21)20-9-7-14(8-10-20)18(19)22/h3-6,11,14H,7-10,12H2,1-2H3,(H2,19,22)/b4-3+. The highest BCUT2D eigenvalue weighted by Gasteiger charge is 2.26. The van der Waals surface area contributed by atoms with Gasteiger partial charge in [-0.3, -0.25) is 9.59 Å². The van der Waals surface area contributed by atoms with E-state index in [1.54, 1.807) is 18.1 Å². The Bertz CT molecular complexity index is 619. The monoisotopic (exact) mass is 332 g/mol. The topological polar surface area (TPSA) is 81.9 Å². The van der Waals surface area contributed by atoms with Crippen LogP contribution in [0.2, 0.25) is 0 Å². The van der Waals surface area contributed by atoms with Gasteiger partial charge in [-0.1, -0.05) is 18.2 Å². The maximum absolute atomic E-state index is 12.2. The van der Waals surface area contributed by atoms with Gasteiger partial charge in [-0.2, -0.15) is 0 Å². The highest BCUT2D eigenvalue weighted by atomic mass is 16.5. The number of likely N-dealkylation sites (tertiary alicyclic amines) is 1. The van der Waals surface area contributed by atoms with E-state index in [0.29, 0.717) is 37.4 Å². The molecule has 0 aliphatic carbocycles. The average Bonchev–Trinajstić information content (AvgIpc) is 2.60. The van der Waals surface area contributed by atoms with Crippen molar-refractivity contribution in [3.8, 4) is 11.5 Å². The fourth-order valence-corrected chi connectivity index (χ4v) is 2.74. The molecule has 24 heavy (non-hydrogen) atoms. The molecule has 0 atom stereocenters. The van der Waals surface area contributed by atoms with Gasteiger partial charge >= 0.3 is 0 Å². The maximum atomic E-state index is 12.2. The lowest BCUT2D eigenvalue weighted by Gasteiger charge is -2.30. The predicted molar refractivity (Wildman–Crippen MR) is 91.7 cm³/mol. The quantitative estimate of drug-likeness (QED) is 0.861. The molecular formula is C18H24N2O4. The van der Waals surface area contributed by atoms with E-state index in [0.717, 1.165) is 5.56 Å². The number of allylic oxidation sites excluding steroid dienone is 1. The minimum atomic E-state index is -0.288. The van der Waals surface area contributed by atoms with Crippen LogP contribution in [0.3, 0.4) is 0 Å². The SMILES string of the molecule is C/C=C/c1ccc(OCC(=O)N2CCC(C(N)=O)CC2)c(OC)c1. The molecule has 1 aliphatic heterocycles. The zero-order valence-corrected chi connectivity index (χ0v) is 14.2. The van der Waals surface area contributed by atoms with Crippen LogP contribution in [0.5, 0.6) is 11.5 Å². The molecule has 1 heterocycles. The van der Waals surface area contributed by atoms with Gasteiger partial charge in [0.1, 0.15) is 0 Å². The van der Waals surface area contributed by atoms with Crippen molar-refractivity contribution in [3.63, 3.8) is 0 Å². The maximum Gasteiger partial charge on any atom is 0.260 e. The van der Waals surface area contributed by atoms with Gasteiger partial charge in [-0.15, -0.1) is 0 Å². The number of ether oxygens (including phenoxy) is 2. The van der Waals surface area contributed by atoms with E-state index in [1.807, 2.05) is 31.2 Å². The Morgan fingerprint density at radius 2 is 2.00 bits per heavy atom. The molecule has 0 aromatic heterocycles. The summed E-state index contributed by atoms with van der Waals surface area (Å²) in [6.07, 6.45) is 5.12. The van der Waals surface area contributed by atoms with Crippen LogP contribution in [0.1, 0.15) is 25.3 Å². The van der Waals surface area contributed by atoms with Gasteiger partial charge in [-0.05, 0) is 37.5 Å². The number of carbonyl (C=O) groups is 2. The van der Waals surface area contributed by atoms with Crippen molar-refractivity contribution >= 4 is 17.9 Å². The van der Waals surface area contributed by atoms with Gasteiger partial charge < -0.3 is 20.1 Å². The highest BCUT2D eigenvalue weighted by Crippen LogP contribution is 2.28. The van der Waals surface area contributed by atoms with Crippen LogP contribution in [-0.2, 0) is 9.59 Å². The lowest BCUT2D eigenvalue weighted by atomic mass is 9.96. The van der Waals surface area contributed by atoms with Crippen molar-refractivity contribution in [2.75, 3.05) is 26.8 Å². The van der Waals surface area contributed by atoms with Crippen LogP contribution >= 0.6 is 0 Å². The average molecular weight is 332 g/mol. The minimum Gasteiger partial charge on any atom is -0.493 e. The third-order valence-corrected chi connectivity index (χ3v) is 4.15. The summed E-state index contributed by atoms with van der Waals surface area (Å²) in [6.45, 7) is 2.96. The summed E-state index contributed by atoms with van der Waals surface area (Å²) < 4.78 is 10.9. The first-order valence-electron chi connectivity index (χ1n) is 8.05. The molecule has 1 aliphatic rings. The molecule has 130 valence electrons. The second-order valence-electron chi connectivity index (χ2n) is 5.76. The van der Waals surface area contributed by atoms with Crippen LogP contribution in [0.15, 0.2) is 24.3 Å². The van der Waals surface area contributed by atoms with E-state index in [9.17, 15) is 9.59 Å². The number of nitrogens with two attached hydrogens (primary N) is 1. The Balaban J connectivity index is 1.91. The number of carbonyl (C=O) groups excluding carboxylic acids is 2. The van der Waals surface area contributed by atoms with E-state index in [-0.39, 0.29) is 24.3 Å². The number of nitrogens with zero attached hydrogens (tertiary/aromatic N) is 1. The minimum absolute atomic E-state index is 0.0550. The molecule has 1 aromatic rings. The van der Waals surface area contributed by atoms with Crippen molar-refractivity contribution in [2.45, 2.75) is 19.8 Å². The molecule has 1 fully saturated rings. The molecular weight excluding hydrogens is 308 g/mol. The second kappa shape index (κ2) is 8.38. The Kier molecular flexibility index (Phi) is 6.23. The number of piperidine rings is 1. The Hall–Kier alpha value is -2.50. The number of amides is 2.